The number of ketones is 1. The van der Waals surface area contributed by atoms with E-state index in [2.05, 4.69) is 0 Å². The summed E-state index contributed by atoms with van der Waals surface area (Å²) >= 11 is 0. The van der Waals surface area contributed by atoms with Gasteiger partial charge in [-0.2, -0.15) is 0 Å². The van der Waals surface area contributed by atoms with Crippen LogP contribution in [0, 0.1) is 11.7 Å². The summed E-state index contributed by atoms with van der Waals surface area (Å²) in [7, 11) is 0. The first kappa shape index (κ1) is 17.6. The van der Waals surface area contributed by atoms with Crippen molar-refractivity contribution >= 4 is 11.7 Å². The summed E-state index contributed by atoms with van der Waals surface area (Å²) in [6, 6.07) is 5.20. The fourth-order valence-electron chi connectivity index (χ4n) is 3.89. The molecular formula is C20H24FNO3. The van der Waals surface area contributed by atoms with E-state index >= 15 is 0 Å². The van der Waals surface area contributed by atoms with Crippen LogP contribution in [-0.4, -0.2) is 27.7 Å². The summed E-state index contributed by atoms with van der Waals surface area (Å²) in [6.07, 6.45) is 4.91. The van der Waals surface area contributed by atoms with Crippen LogP contribution < -0.4 is 0 Å². The maximum absolute atomic E-state index is 13.4. The first-order valence-electron chi connectivity index (χ1n) is 8.97. The van der Waals surface area contributed by atoms with Gasteiger partial charge >= 0.3 is 0 Å². The molecule has 1 N–H and O–H groups in total. The number of carbonyl (C=O) groups excluding carboxylic acids is 2. The zero-order valence-electron chi connectivity index (χ0n) is 14.7. The number of hydrogen-bond donors (Lipinski definition) is 1. The number of Topliss-reactive ketones (excluding diaryl/α,β-unsaturated/α-hetero) is 1. The van der Waals surface area contributed by atoms with Gasteiger partial charge in [-0.3, -0.25) is 9.59 Å². The molecule has 1 amide bonds. The lowest BCUT2D eigenvalue weighted by Crippen LogP contribution is -2.41. The molecule has 1 aliphatic heterocycles. The lowest BCUT2D eigenvalue weighted by atomic mass is 9.88. The number of aliphatic hydroxyl groups is 1. The second-order valence-electron chi connectivity index (χ2n) is 7.24. The second kappa shape index (κ2) is 6.98. The van der Waals surface area contributed by atoms with Crippen LogP contribution in [0.4, 0.5) is 4.39 Å². The number of nitrogens with zero attached hydrogens (tertiary/aromatic N) is 1. The number of carbonyl (C=O) groups is 2. The fraction of sp³-hybridized carbons (Fsp3) is 0.500. The minimum atomic E-state index is -0.633. The van der Waals surface area contributed by atoms with Gasteiger partial charge < -0.3 is 10.0 Å². The van der Waals surface area contributed by atoms with Crippen molar-refractivity contribution < 1.29 is 19.1 Å². The predicted molar refractivity (Wildman–Crippen MR) is 92.4 cm³/mol. The molecule has 2 aliphatic rings. The Bertz CT molecular complexity index is 702. The van der Waals surface area contributed by atoms with Crippen LogP contribution in [0.25, 0.3) is 0 Å². The molecule has 0 spiro atoms. The van der Waals surface area contributed by atoms with Gasteiger partial charge in [0.25, 0.3) is 5.91 Å². The van der Waals surface area contributed by atoms with Gasteiger partial charge in [-0.05, 0) is 30.5 Å². The Morgan fingerprint density at radius 2 is 1.76 bits per heavy atom. The monoisotopic (exact) mass is 345 g/mol. The molecule has 0 bridgehead atoms. The van der Waals surface area contributed by atoms with Crippen LogP contribution in [0.2, 0.25) is 0 Å². The maximum atomic E-state index is 13.4. The van der Waals surface area contributed by atoms with Gasteiger partial charge in [-0.15, -0.1) is 0 Å². The molecule has 3 rings (SSSR count). The molecule has 1 aromatic rings. The molecule has 1 aromatic carbocycles. The third-order valence-corrected chi connectivity index (χ3v) is 5.19. The molecule has 0 aromatic heterocycles. The number of benzene rings is 1. The summed E-state index contributed by atoms with van der Waals surface area (Å²) in [5, 5.41) is 10.5. The Kier molecular flexibility index (Phi) is 4.93. The molecule has 0 radical (unpaired) electrons. The quantitative estimate of drug-likeness (QED) is 0.894. The molecule has 4 nitrogen and oxygen atoms in total. The van der Waals surface area contributed by atoms with Crippen molar-refractivity contribution in [3.05, 3.63) is 47.0 Å². The van der Waals surface area contributed by atoms with Crippen molar-refractivity contribution in [2.45, 2.75) is 58.0 Å². The van der Waals surface area contributed by atoms with Crippen molar-refractivity contribution in [3.8, 4) is 0 Å². The molecule has 25 heavy (non-hydrogen) atoms. The van der Waals surface area contributed by atoms with Gasteiger partial charge in [0.2, 0.25) is 0 Å². The lowest BCUT2D eigenvalue weighted by molar-refractivity contribution is -0.132. The van der Waals surface area contributed by atoms with Crippen LogP contribution in [0.3, 0.4) is 0 Å². The highest BCUT2D eigenvalue weighted by Gasteiger charge is 2.46. The Morgan fingerprint density at radius 3 is 2.32 bits per heavy atom. The molecule has 1 saturated carbocycles. The van der Waals surface area contributed by atoms with E-state index in [1.807, 2.05) is 0 Å². The van der Waals surface area contributed by atoms with E-state index in [0.29, 0.717) is 5.56 Å². The van der Waals surface area contributed by atoms with E-state index in [0.717, 1.165) is 32.1 Å². The number of hydrogen-bond acceptors (Lipinski definition) is 3. The van der Waals surface area contributed by atoms with Gasteiger partial charge in [-0.1, -0.05) is 45.2 Å². The summed E-state index contributed by atoms with van der Waals surface area (Å²) in [5.41, 5.74) is 0.811. The van der Waals surface area contributed by atoms with Gasteiger partial charge in [0, 0.05) is 12.0 Å². The normalized spacial score (nSPS) is 22.2. The van der Waals surface area contributed by atoms with Crippen LogP contribution >= 0.6 is 0 Å². The van der Waals surface area contributed by atoms with E-state index in [-0.39, 0.29) is 29.1 Å². The lowest BCUT2D eigenvalue weighted by Gasteiger charge is -2.36. The Morgan fingerprint density at radius 1 is 1.16 bits per heavy atom. The molecule has 134 valence electrons. The number of aliphatic hydroxyl groups excluding tert-OH is 1. The first-order valence-corrected chi connectivity index (χ1v) is 8.97. The molecule has 5 heteroatoms. The number of rotatable bonds is 4. The van der Waals surface area contributed by atoms with Crippen molar-refractivity contribution in [1.29, 1.82) is 0 Å². The minimum absolute atomic E-state index is 0.00378. The highest BCUT2D eigenvalue weighted by Crippen LogP contribution is 2.42. The zero-order chi connectivity index (χ0) is 18.1. The summed E-state index contributed by atoms with van der Waals surface area (Å²) in [5.74, 6) is -1.87. The molecule has 1 atom stereocenters. The topological polar surface area (TPSA) is 57.6 Å². The molecule has 0 saturated heterocycles. The van der Waals surface area contributed by atoms with Gasteiger partial charge in [0.15, 0.2) is 11.5 Å². The Balaban J connectivity index is 2.07. The standard InChI is InChI=1S/C20H24FNO3/c1-12(2)18(23)16-17(13-8-10-14(21)11-9-13)22(20(25)19(16)24)15-6-4-3-5-7-15/h8-12,15,17,24H,3-7H2,1-2H3. The van der Waals surface area contributed by atoms with Crippen LogP contribution in [0.5, 0.6) is 0 Å². The summed E-state index contributed by atoms with van der Waals surface area (Å²) in [6.45, 7) is 3.50. The molecule has 1 aliphatic carbocycles. The molecule has 1 fully saturated rings. The smallest absolute Gasteiger partial charge is 0.290 e. The Hall–Kier alpha value is -2.17. The van der Waals surface area contributed by atoms with Gasteiger partial charge in [0.05, 0.1) is 11.6 Å². The first-order chi connectivity index (χ1) is 11.9. The van der Waals surface area contributed by atoms with Crippen LogP contribution in [0.1, 0.15) is 57.6 Å². The largest absolute Gasteiger partial charge is 0.503 e. The van der Waals surface area contributed by atoms with E-state index in [1.54, 1.807) is 30.9 Å². The van der Waals surface area contributed by atoms with E-state index in [4.69, 9.17) is 0 Å². The van der Waals surface area contributed by atoms with Crippen molar-refractivity contribution in [2.75, 3.05) is 0 Å². The second-order valence-corrected chi connectivity index (χ2v) is 7.24. The van der Waals surface area contributed by atoms with Crippen molar-refractivity contribution in [2.24, 2.45) is 5.92 Å². The maximum Gasteiger partial charge on any atom is 0.290 e. The average molecular weight is 345 g/mol. The highest BCUT2D eigenvalue weighted by molar-refractivity contribution is 6.09. The van der Waals surface area contributed by atoms with Crippen molar-refractivity contribution in [3.63, 3.8) is 0 Å². The van der Waals surface area contributed by atoms with E-state index < -0.39 is 17.7 Å². The third kappa shape index (κ3) is 3.20. The Labute approximate surface area is 147 Å². The zero-order valence-corrected chi connectivity index (χ0v) is 14.7. The van der Waals surface area contributed by atoms with E-state index in [9.17, 15) is 19.1 Å². The fourth-order valence-corrected chi connectivity index (χ4v) is 3.89. The van der Waals surface area contributed by atoms with Crippen LogP contribution in [-0.2, 0) is 9.59 Å². The minimum Gasteiger partial charge on any atom is -0.503 e. The molecule has 1 heterocycles. The number of halogens is 1. The SMILES string of the molecule is CC(C)C(=O)C1=C(O)C(=O)N(C2CCCCC2)C1c1ccc(F)cc1. The third-order valence-electron chi connectivity index (χ3n) is 5.19. The van der Waals surface area contributed by atoms with Gasteiger partial charge in [-0.25, -0.2) is 4.39 Å². The van der Waals surface area contributed by atoms with Crippen LogP contribution in [0.15, 0.2) is 35.6 Å². The highest BCUT2D eigenvalue weighted by atomic mass is 19.1. The molecule has 1 unspecified atom stereocenters. The number of amides is 1. The average Bonchev–Trinajstić information content (AvgIpc) is 2.87. The van der Waals surface area contributed by atoms with E-state index in [1.165, 1.54) is 12.1 Å². The molecular weight excluding hydrogens is 321 g/mol. The summed E-state index contributed by atoms with van der Waals surface area (Å²) < 4.78 is 13.4. The van der Waals surface area contributed by atoms with Crippen molar-refractivity contribution in [1.82, 2.24) is 4.90 Å². The predicted octanol–water partition coefficient (Wildman–Crippen LogP) is 4.08. The van der Waals surface area contributed by atoms with Gasteiger partial charge in [0.1, 0.15) is 5.82 Å². The summed E-state index contributed by atoms with van der Waals surface area (Å²) in [4.78, 5) is 27.1.